The molecule has 0 bridgehead atoms. The van der Waals surface area contributed by atoms with E-state index in [1.807, 2.05) is 6.07 Å². The lowest BCUT2D eigenvalue weighted by Crippen LogP contribution is -1.79. The first-order valence-corrected chi connectivity index (χ1v) is 3.65. The van der Waals surface area contributed by atoms with Gasteiger partial charge in [0.2, 0.25) is 0 Å². The first-order chi connectivity index (χ1) is 4.95. The zero-order valence-electron chi connectivity index (χ0n) is 5.59. The van der Waals surface area contributed by atoms with Gasteiger partial charge in [0.15, 0.2) is 0 Å². The number of hydrogen-bond acceptors (Lipinski definition) is 0. The molecule has 0 aromatic heterocycles. The molecule has 1 radical (unpaired) electrons. The Bertz CT molecular complexity index is 321. The lowest BCUT2D eigenvalue weighted by Gasteiger charge is -1.96. The average Bonchev–Trinajstić information content (AvgIpc) is 2.64. The Hall–Kier alpha value is -1.04. The second-order valence-corrected chi connectivity index (χ2v) is 3.03. The molecular formula is C10H7. The molecule has 1 unspecified atom stereocenters. The van der Waals surface area contributed by atoms with Crippen LogP contribution in [0.2, 0.25) is 0 Å². The summed E-state index contributed by atoms with van der Waals surface area (Å²) in [6.45, 7) is 0. The maximum atomic E-state index is 3.09. The molecule has 0 heteroatoms. The zero-order chi connectivity index (χ0) is 6.55. The first kappa shape index (κ1) is 4.73. The maximum Gasteiger partial charge on any atom is 0.00952 e. The highest BCUT2D eigenvalue weighted by molar-refractivity contribution is 5.72. The van der Waals surface area contributed by atoms with Crippen LogP contribution in [0.4, 0.5) is 0 Å². The van der Waals surface area contributed by atoms with E-state index in [1.54, 1.807) is 5.57 Å². The molecule has 2 aliphatic carbocycles. The minimum atomic E-state index is 0.810. The standard InChI is InChI=1S/C10H7/c1-2-4-9-7(3-1)5-8-6-10(8)9/h2-5,10H,6H2. The summed E-state index contributed by atoms with van der Waals surface area (Å²) in [5.74, 6) is 0.810. The van der Waals surface area contributed by atoms with Crippen LogP contribution in [0, 0.1) is 6.07 Å². The molecule has 2 aliphatic rings. The van der Waals surface area contributed by atoms with Crippen molar-refractivity contribution in [2.24, 2.45) is 0 Å². The van der Waals surface area contributed by atoms with E-state index in [0.717, 1.165) is 5.92 Å². The minimum Gasteiger partial charge on any atom is -0.0608 e. The molecule has 0 heterocycles. The Balaban J connectivity index is 2.32. The van der Waals surface area contributed by atoms with Crippen molar-refractivity contribution in [3.63, 3.8) is 0 Å². The van der Waals surface area contributed by atoms with Crippen LogP contribution in [0.25, 0.3) is 6.08 Å². The minimum absolute atomic E-state index is 0.810. The molecular weight excluding hydrogens is 120 g/mol. The van der Waals surface area contributed by atoms with Crippen LogP contribution in [-0.4, -0.2) is 0 Å². The van der Waals surface area contributed by atoms with E-state index in [2.05, 4.69) is 24.3 Å². The quantitative estimate of drug-likeness (QED) is 0.502. The SMILES string of the molecule is [c]1ccc2c(c1)C=C1CC12. The third-order valence-electron chi connectivity index (χ3n) is 2.37. The number of rotatable bonds is 0. The lowest BCUT2D eigenvalue weighted by atomic mass is 10.1. The highest BCUT2D eigenvalue weighted by atomic mass is 14.4. The Morgan fingerprint density at radius 3 is 3.40 bits per heavy atom. The van der Waals surface area contributed by atoms with Crippen LogP contribution in [0.5, 0.6) is 0 Å². The summed E-state index contributed by atoms with van der Waals surface area (Å²) < 4.78 is 0. The van der Waals surface area contributed by atoms with Crippen LogP contribution in [-0.2, 0) is 0 Å². The Kier molecular flexibility index (Phi) is 0.634. The Morgan fingerprint density at radius 1 is 1.50 bits per heavy atom. The van der Waals surface area contributed by atoms with Gasteiger partial charge in [-0.25, -0.2) is 0 Å². The Morgan fingerprint density at radius 2 is 2.50 bits per heavy atom. The molecule has 1 aromatic carbocycles. The van der Waals surface area contributed by atoms with Gasteiger partial charge in [-0.1, -0.05) is 23.8 Å². The third-order valence-corrected chi connectivity index (χ3v) is 2.37. The second-order valence-electron chi connectivity index (χ2n) is 3.03. The first-order valence-electron chi connectivity index (χ1n) is 3.65. The molecule has 0 N–H and O–H groups in total. The molecule has 1 fully saturated rings. The third kappa shape index (κ3) is 0.431. The van der Waals surface area contributed by atoms with Gasteiger partial charge in [-0.05, 0) is 29.7 Å². The largest absolute Gasteiger partial charge is 0.0608 e. The van der Waals surface area contributed by atoms with Gasteiger partial charge in [-0.3, -0.25) is 0 Å². The molecule has 0 amide bonds. The van der Waals surface area contributed by atoms with Gasteiger partial charge in [0.25, 0.3) is 0 Å². The average molecular weight is 127 g/mol. The van der Waals surface area contributed by atoms with E-state index < -0.39 is 0 Å². The number of allylic oxidation sites excluding steroid dienone is 1. The van der Waals surface area contributed by atoms with Crippen LogP contribution in [0.1, 0.15) is 23.5 Å². The fourth-order valence-electron chi connectivity index (χ4n) is 1.74. The predicted molar refractivity (Wildman–Crippen MR) is 40.6 cm³/mol. The van der Waals surface area contributed by atoms with Gasteiger partial charge < -0.3 is 0 Å². The normalized spacial score (nSPS) is 25.2. The monoisotopic (exact) mass is 127 g/mol. The van der Waals surface area contributed by atoms with Gasteiger partial charge in [-0.15, -0.1) is 0 Å². The second kappa shape index (κ2) is 1.34. The van der Waals surface area contributed by atoms with Crippen molar-refractivity contribution in [2.75, 3.05) is 0 Å². The topological polar surface area (TPSA) is 0 Å². The van der Waals surface area contributed by atoms with E-state index >= 15 is 0 Å². The van der Waals surface area contributed by atoms with Gasteiger partial charge in [0.1, 0.15) is 0 Å². The fourth-order valence-corrected chi connectivity index (χ4v) is 1.74. The van der Waals surface area contributed by atoms with Crippen LogP contribution < -0.4 is 0 Å². The van der Waals surface area contributed by atoms with Crippen molar-refractivity contribution in [1.29, 1.82) is 0 Å². The smallest absolute Gasteiger partial charge is 0.00952 e. The molecule has 47 valence electrons. The van der Waals surface area contributed by atoms with Crippen molar-refractivity contribution in [2.45, 2.75) is 12.3 Å². The van der Waals surface area contributed by atoms with Crippen molar-refractivity contribution < 1.29 is 0 Å². The van der Waals surface area contributed by atoms with Crippen LogP contribution in [0.3, 0.4) is 0 Å². The zero-order valence-corrected chi connectivity index (χ0v) is 5.59. The van der Waals surface area contributed by atoms with E-state index in [9.17, 15) is 0 Å². The molecule has 3 rings (SSSR count). The highest BCUT2D eigenvalue weighted by Crippen LogP contribution is 2.53. The molecule has 0 spiro atoms. The number of benzene rings is 1. The molecule has 0 nitrogen and oxygen atoms in total. The van der Waals surface area contributed by atoms with E-state index in [0.29, 0.717) is 0 Å². The van der Waals surface area contributed by atoms with Gasteiger partial charge >= 0.3 is 0 Å². The van der Waals surface area contributed by atoms with Crippen molar-refractivity contribution in [1.82, 2.24) is 0 Å². The molecule has 1 saturated carbocycles. The van der Waals surface area contributed by atoms with E-state index in [4.69, 9.17) is 0 Å². The Labute approximate surface area is 60.2 Å². The van der Waals surface area contributed by atoms with E-state index in [1.165, 1.54) is 17.5 Å². The number of fused-ring (bicyclic) bond motifs is 3. The van der Waals surface area contributed by atoms with Crippen LogP contribution >= 0.6 is 0 Å². The summed E-state index contributed by atoms with van der Waals surface area (Å²) >= 11 is 0. The van der Waals surface area contributed by atoms with Gasteiger partial charge in [0, 0.05) is 5.92 Å². The summed E-state index contributed by atoms with van der Waals surface area (Å²) in [5, 5.41) is 0. The summed E-state index contributed by atoms with van der Waals surface area (Å²) in [7, 11) is 0. The lowest BCUT2D eigenvalue weighted by molar-refractivity contribution is 1.17. The van der Waals surface area contributed by atoms with E-state index in [-0.39, 0.29) is 0 Å². The molecule has 0 saturated heterocycles. The molecule has 1 aromatic rings. The van der Waals surface area contributed by atoms with Gasteiger partial charge in [0.05, 0.1) is 0 Å². The predicted octanol–water partition coefficient (Wildman–Crippen LogP) is 2.37. The highest BCUT2D eigenvalue weighted by Gasteiger charge is 2.36. The summed E-state index contributed by atoms with van der Waals surface area (Å²) in [4.78, 5) is 0. The molecule has 0 aliphatic heterocycles. The summed E-state index contributed by atoms with van der Waals surface area (Å²) in [5.41, 5.74) is 4.54. The molecule has 1 atom stereocenters. The fraction of sp³-hybridized carbons (Fsp3) is 0.200. The summed E-state index contributed by atoms with van der Waals surface area (Å²) in [6.07, 6.45) is 3.62. The number of hydrogen-bond donors (Lipinski definition) is 0. The summed E-state index contributed by atoms with van der Waals surface area (Å²) in [6, 6.07) is 9.37. The van der Waals surface area contributed by atoms with Crippen molar-refractivity contribution >= 4 is 6.08 Å². The van der Waals surface area contributed by atoms with Crippen molar-refractivity contribution in [3.8, 4) is 0 Å². The van der Waals surface area contributed by atoms with Crippen molar-refractivity contribution in [3.05, 3.63) is 41.0 Å². The van der Waals surface area contributed by atoms with Crippen LogP contribution in [0.15, 0.2) is 23.8 Å². The van der Waals surface area contributed by atoms with Gasteiger partial charge in [-0.2, -0.15) is 0 Å². The molecule has 10 heavy (non-hydrogen) atoms. The maximum absolute atomic E-state index is 3.09.